The fraction of sp³-hybridized carbons (Fsp3) is 0.308. The van der Waals surface area contributed by atoms with E-state index >= 15 is 0 Å². The molecule has 0 saturated heterocycles. The number of aromatic hydroxyl groups is 2. The highest BCUT2D eigenvalue weighted by molar-refractivity contribution is 6.10. The highest BCUT2D eigenvalue weighted by Crippen LogP contribution is 2.36. The molecule has 142 valence electrons. The van der Waals surface area contributed by atoms with Crippen molar-refractivity contribution in [1.29, 1.82) is 0 Å². The molecule has 0 bridgehead atoms. The lowest BCUT2D eigenvalue weighted by Crippen LogP contribution is -2.00. The van der Waals surface area contributed by atoms with Gasteiger partial charge in [0, 0.05) is 32.7 Å². The largest absolute Gasteiger partial charge is 0.508 e. The molecule has 3 aromatic rings. The lowest BCUT2D eigenvalue weighted by atomic mass is 9.89. The molecule has 3 rings (SSSR count). The molecule has 0 amide bonds. The van der Waals surface area contributed by atoms with Crippen molar-refractivity contribution in [3.05, 3.63) is 47.5 Å². The highest BCUT2D eigenvalue weighted by atomic mass is 16.3. The second-order valence-corrected chi connectivity index (χ2v) is 9.21. The zero-order valence-corrected chi connectivity index (χ0v) is 17.4. The van der Waals surface area contributed by atoms with Crippen molar-refractivity contribution in [3.63, 3.8) is 0 Å². The number of benzene rings is 3. The molecule has 0 atom stereocenters. The molecule has 0 aliphatic carbocycles. The molecule has 0 aromatic heterocycles. The maximum atomic E-state index is 10.1. The van der Waals surface area contributed by atoms with Crippen LogP contribution >= 0.6 is 0 Å². The first-order chi connectivity index (χ1) is 12.9. The standard InChI is InChI=1S/C26H26O2/c1-25(2,3)13-11-21-19-9-7-17(27)15-23(19)22(12-14-26(4,5)6)24-16-18(28)8-10-20(21)24/h7-10,15-16,27-28H,1-6H3. The molecule has 3 aromatic carbocycles. The molecule has 0 heterocycles. The van der Waals surface area contributed by atoms with Crippen LogP contribution in [0.2, 0.25) is 0 Å². The number of phenols is 2. The molecular formula is C26H26O2. The van der Waals surface area contributed by atoms with Gasteiger partial charge in [0.05, 0.1) is 0 Å². The smallest absolute Gasteiger partial charge is 0.116 e. The minimum absolute atomic E-state index is 0.142. The first kappa shape index (κ1) is 19.7. The van der Waals surface area contributed by atoms with Crippen LogP contribution in [0, 0.1) is 34.5 Å². The van der Waals surface area contributed by atoms with E-state index in [1.165, 1.54) is 0 Å². The van der Waals surface area contributed by atoms with Gasteiger partial charge >= 0.3 is 0 Å². The first-order valence-electron chi connectivity index (χ1n) is 9.42. The Kier molecular flexibility index (Phi) is 4.78. The molecule has 2 N–H and O–H groups in total. The van der Waals surface area contributed by atoms with Gasteiger partial charge < -0.3 is 10.2 Å². The fourth-order valence-electron chi connectivity index (χ4n) is 2.97. The summed E-state index contributed by atoms with van der Waals surface area (Å²) < 4.78 is 0. The maximum absolute atomic E-state index is 10.1. The second kappa shape index (κ2) is 6.81. The number of fused-ring (bicyclic) bond motifs is 2. The van der Waals surface area contributed by atoms with Crippen LogP contribution in [-0.4, -0.2) is 10.2 Å². The molecule has 0 spiro atoms. The zero-order valence-electron chi connectivity index (χ0n) is 17.4. The van der Waals surface area contributed by atoms with Crippen LogP contribution in [0.5, 0.6) is 11.5 Å². The van der Waals surface area contributed by atoms with Crippen molar-refractivity contribution in [2.75, 3.05) is 0 Å². The van der Waals surface area contributed by atoms with Gasteiger partial charge in [-0.05, 0) is 88.7 Å². The summed E-state index contributed by atoms with van der Waals surface area (Å²) in [5.41, 5.74) is 1.38. The molecule has 0 aliphatic heterocycles. The zero-order chi connectivity index (χ0) is 20.7. The Morgan fingerprint density at radius 1 is 0.571 bits per heavy atom. The minimum Gasteiger partial charge on any atom is -0.508 e. The van der Waals surface area contributed by atoms with Gasteiger partial charge in [-0.1, -0.05) is 23.7 Å². The van der Waals surface area contributed by atoms with Crippen molar-refractivity contribution in [1.82, 2.24) is 0 Å². The van der Waals surface area contributed by atoms with E-state index < -0.39 is 0 Å². The highest BCUT2D eigenvalue weighted by Gasteiger charge is 2.15. The summed E-state index contributed by atoms with van der Waals surface area (Å²) in [6.07, 6.45) is 0. The van der Waals surface area contributed by atoms with E-state index in [2.05, 4.69) is 65.2 Å². The summed E-state index contributed by atoms with van der Waals surface area (Å²) in [7, 11) is 0. The van der Waals surface area contributed by atoms with Crippen molar-refractivity contribution in [2.24, 2.45) is 10.8 Å². The lowest BCUT2D eigenvalue weighted by molar-refractivity contribution is 0.476. The third kappa shape index (κ3) is 4.24. The van der Waals surface area contributed by atoms with E-state index in [1.54, 1.807) is 24.3 Å². The van der Waals surface area contributed by atoms with Crippen molar-refractivity contribution in [3.8, 4) is 35.2 Å². The summed E-state index contributed by atoms with van der Waals surface area (Å²) >= 11 is 0. The van der Waals surface area contributed by atoms with Gasteiger partial charge in [0.1, 0.15) is 11.5 Å². The van der Waals surface area contributed by atoms with Gasteiger partial charge in [0.25, 0.3) is 0 Å². The quantitative estimate of drug-likeness (QED) is 0.365. The Labute approximate surface area is 167 Å². The van der Waals surface area contributed by atoms with Crippen molar-refractivity contribution in [2.45, 2.75) is 41.5 Å². The van der Waals surface area contributed by atoms with E-state index in [1.807, 2.05) is 12.1 Å². The molecule has 0 saturated carbocycles. The van der Waals surface area contributed by atoms with E-state index in [9.17, 15) is 10.2 Å². The van der Waals surface area contributed by atoms with Crippen molar-refractivity contribution >= 4 is 21.5 Å². The lowest BCUT2D eigenvalue weighted by Gasteiger charge is -2.14. The van der Waals surface area contributed by atoms with Crippen LogP contribution in [0.25, 0.3) is 21.5 Å². The maximum Gasteiger partial charge on any atom is 0.116 e. The molecule has 0 fully saturated rings. The molecule has 0 unspecified atom stereocenters. The number of hydrogen-bond acceptors (Lipinski definition) is 2. The molecule has 28 heavy (non-hydrogen) atoms. The van der Waals surface area contributed by atoms with Crippen molar-refractivity contribution < 1.29 is 10.2 Å². The SMILES string of the molecule is CC(C)(C)C#Cc1c2ccc(O)cc2c(C#CC(C)(C)C)c2cc(O)ccc12. The fourth-order valence-corrected chi connectivity index (χ4v) is 2.97. The van der Waals surface area contributed by atoms with Crippen LogP contribution in [-0.2, 0) is 0 Å². The van der Waals surface area contributed by atoms with E-state index in [-0.39, 0.29) is 22.3 Å². The monoisotopic (exact) mass is 370 g/mol. The molecule has 0 aliphatic rings. The van der Waals surface area contributed by atoms with E-state index in [4.69, 9.17) is 0 Å². The summed E-state index contributed by atoms with van der Waals surface area (Å²) in [6.45, 7) is 12.4. The summed E-state index contributed by atoms with van der Waals surface area (Å²) in [6, 6.07) is 10.6. The number of hydrogen-bond donors (Lipinski definition) is 2. The van der Waals surface area contributed by atoms with Crippen LogP contribution in [0.3, 0.4) is 0 Å². The molecule has 2 heteroatoms. The number of rotatable bonds is 0. The summed E-state index contributed by atoms with van der Waals surface area (Å²) in [5.74, 6) is 13.6. The Hall–Kier alpha value is -3.10. The minimum atomic E-state index is -0.170. The van der Waals surface area contributed by atoms with Crippen LogP contribution in [0.15, 0.2) is 36.4 Å². The Balaban J connectivity index is 2.54. The van der Waals surface area contributed by atoms with Crippen LogP contribution in [0.4, 0.5) is 0 Å². The third-order valence-electron chi connectivity index (χ3n) is 4.21. The Morgan fingerprint density at radius 2 is 0.929 bits per heavy atom. The summed E-state index contributed by atoms with van der Waals surface area (Å²) in [5, 5.41) is 23.8. The first-order valence-corrected chi connectivity index (χ1v) is 9.42. The molecule has 0 radical (unpaired) electrons. The molecule has 2 nitrogen and oxygen atoms in total. The average molecular weight is 370 g/mol. The predicted molar refractivity (Wildman–Crippen MR) is 117 cm³/mol. The van der Waals surface area contributed by atoms with Gasteiger partial charge in [-0.15, -0.1) is 0 Å². The average Bonchev–Trinajstić information content (AvgIpc) is 2.56. The van der Waals surface area contributed by atoms with Gasteiger partial charge in [-0.25, -0.2) is 0 Å². The van der Waals surface area contributed by atoms with E-state index in [0.717, 1.165) is 32.7 Å². The van der Waals surface area contributed by atoms with Crippen LogP contribution in [0.1, 0.15) is 52.7 Å². The Morgan fingerprint density at radius 3 is 1.29 bits per heavy atom. The van der Waals surface area contributed by atoms with Crippen LogP contribution < -0.4 is 0 Å². The van der Waals surface area contributed by atoms with Gasteiger partial charge in [0.15, 0.2) is 0 Å². The third-order valence-corrected chi connectivity index (χ3v) is 4.21. The number of phenolic OH excluding ortho intramolecular Hbond substituents is 2. The topological polar surface area (TPSA) is 40.5 Å². The molecular weight excluding hydrogens is 344 g/mol. The van der Waals surface area contributed by atoms with Gasteiger partial charge in [-0.2, -0.15) is 0 Å². The second-order valence-electron chi connectivity index (χ2n) is 9.21. The predicted octanol–water partition coefficient (Wildman–Crippen LogP) is 6.20. The van der Waals surface area contributed by atoms with Gasteiger partial charge in [-0.3, -0.25) is 0 Å². The van der Waals surface area contributed by atoms with E-state index in [0.29, 0.717) is 0 Å². The summed E-state index contributed by atoms with van der Waals surface area (Å²) in [4.78, 5) is 0. The Bertz CT molecular complexity index is 1130. The van der Waals surface area contributed by atoms with Gasteiger partial charge in [0.2, 0.25) is 0 Å². The normalized spacial score (nSPS) is 11.6.